The number of amides is 5. The minimum Gasteiger partial charge on any atom is -0.481 e. The lowest BCUT2D eigenvalue weighted by atomic mass is 9.96. The minimum absolute atomic E-state index is 0.163. The lowest BCUT2D eigenvalue weighted by Crippen LogP contribution is -2.66. The zero-order valence-corrected chi connectivity index (χ0v) is 26.7. The summed E-state index contributed by atoms with van der Waals surface area (Å²) in [7, 11) is 0. The Morgan fingerprint density at radius 2 is 1.56 bits per heavy atom. The van der Waals surface area contributed by atoms with Gasteiger partial charge in [0.15, 0.2) is 6.29 Å². The Kier molecular flexibility index (Phi) is 17.5. The summed E-state index contributed by atoms with van der Waals surface area (Å²) < 4.78 is 17.0. The standard InChI is InChI=1S/C27H45N5O16/c1-10(25(44)32-14(24(28)43)5-6-18(39)40)29-26(45)11(2)46-22(15(7-33)30-12(3)36)23(16(38)8-34)48-27-19(31-13(4)37)21(42)20(41)17(9-35)47-27/h7,10-11,14-17,19-23,27,34-35,38,41-42H,5-6,8-9H2,1-4H3,(H2,28,43)(H,29,45)(H,30,36)(H,31,37)(H,32,44)(H,39,40)/t10-,11+,14+,15-,16+,17+,19+,20+,21+,22+,23+,27?/m0/s1. The van der Waals surface area contributed by atoms with Crippen LogP contribution in [0.1, 0.15) is 40.5 Å². The number of rotatable bonds is 20. The van der Waals surface area contributed by atoms with Gasteiger partial charge in [0.05, 0.1) is 13.2 Å². The van der Waals surface area contributed by atoms with Crippen molar-refractivity contribution in [2.75, 3.05) is 13.2 Å². The van der Waals surface area contributed by atoms with E-state index in [4.69, 9.17) is 25.1 Å². The Bertz CT molecular complexity index is 1140. The van der Waals surface area contributed by atoms with Crippen LogP contribution in [0.5, 0.6) is 0 Å². The van der Waals surface area contributed by atoms with Gasteiger partial charge in [-0.05, 0) is 20.3 Å². The quantitative estimate of drug-likeness (QED) is 0.0527. The van der Waals surface area contributed by atoms with Crippen LogP contribution < -0.4 is 27.0 Å². The van der Waals surface area contributed by atoms with E-state index in [0.717, 1.165) is 20.8 Å². The van der Waals surface area contributed by atoms with Crippen molar-refractivity contribution in [1.82, 2.24) is 21.3 Å². The number of ether oxygens (including phenoxy) is 3. The first-order valence-corrected chi connectivity index (χ1v) is 14.7. The summed E-state index contributed by atoms with van der Waals surface area (Å²) in [6.45, 7) is 2.53. The molecule has 5 amide bonds. The van der Waals surface area contributed by atoms with E-state index in [-0.39, 0.29) is 12.7 Å². The topological polar surface area (TPSA) is 343 Å². The summed E-state index contributed by atoms with van der Waals surface area (Å²) in [6, 6.07) is -5.98. The van der Waals surface area contributed by atoms with Crippen molar-refractivity contribution in [3.8, 4) is 0 Å². The molecule has 12 N–H and O–H groups in total. The first kappa shape index (κ1) is 42.2. The number of carboxylic acid groups (broad SMARTS) is 1. The van der Waals surface area contributed by atoms with Crippen molar-refractivity contribution >= 4 is 41.8 Å². The molecule has 1 aliphatic rings. The molecule has 12 atom stereocenters. The van der Waals surface area contributed by atoms with Crippen LogP contribution >= 0.6 is 0 Å². The van der Waals surface area contributed by atoms with Crippen molar-refractivity contribution in [3.63, 3.8) is 0 Å². The Morgan fingerprint density at radius 3 is 2.04 bits per heavy atom. The van der Waals surface area contributed by atoms with Crippen molar-refractivity contribution in [1.29, 1.82) is 0 Å². The van der Waals surface area contributed by atoms with E-state index in [0.29, 0.717) is 0 Å². The van der Waals surface area contributed by atoms with Gasteiger partial charge in [-0.1, -0.05) is 0 Å². The zero-order valence-electron chi connectivity index (χ0n) is 26.7. The van der Waals surface area contributed by atoms with Crippen LogP contribution in [0.4, 0.5) is 0 Å². The molecule has 0 spiro atoms. The molecule has 0 aliphatic carbocycles. The second-order valence-electron chi connectivity index (χ2n) is 11.0. The van der Waals surface area contributed by atoms with Crippen LogP contribution in [0.2, 0.25) is 0 Å². The highest BCUT2D eigenvalue weighted by molar-refractivity contribution is 5.92. The number of aldehydes is 1. The van der Waals surface area contributed by atoms with Gasteiger partial charge in [0.2, 0.25) is 29.5 Å². The van der Waals surface area contributed by atoms with Crippen LogP contribution in [0.15, 0.2) is 0 Å². The number of hydrogen-bond acceptors (Lipinski definition) is 15. The number of aliphatic hydroxyl groups excluding tert-OH is 5. The third kappa shape index (κ3) is 12.6. The summed E-state index contributed by atoms with van der Waals surface area (Å²) in [5.41, 5.74) is 5.21. The molecule has 0 bridgehead atoms. The number of hydrogen-bond donors (Lipinski definition) is 11. The normalized spacial score (nSPS) is 25.1. The van der Waals surface area contributed by atoms with E-state index in [1.54, 1.807) is 0 Å². The Morgan fingerprint density at radius 1 is 0.938 bits per heavy atom. The highest BCUT2D eigenvalue weighted by atomic mass is 16.7. The molecule has 48 heavy (non-hydrogen) atoms. The molecule has 0 saturated carbocycles. The number of carbonyl (C=O) groups is 7. The average molecular weight is 696 g/mol. The Balaban J connectivity index is 3.36. The van der Waals surface area contributed by atoms with Gasteiger partial charge in [0.1, 0.15) is 73.2 Å². The molecular weight excluding hydrogens is 650 g/mol. The molecule has 21 heteroatoms. The minimum atomic E-state index is -1.96. The molecule has 0 radical (unpaired) electrons. The molecule has 21 nitrogen and oxygen atoms in total. The van der Waals surface area contributed by atoms with Crippen LogP contribution in [-0.4, -0.2) is 159 Å². The lowest BCUT2D eigenvalue weighted by molar-refractivity contribution is -0.302. The molecule has 1 heterocycles. The van der Waals surface area contributed by atoms with E-state index < -0.39 is 128 Å². The number of nitrogens with one attached hydrogen (secondary N) is 4. The fraction of sp³-hybridized carbons (Fsp3) is 0.741. The van der Waals surface area contributed by atoms with E-state index in [2.05, 4.69) is 21.3 Å². The van der Waals surface area contributed by atoms with Gasteiger partial charge in [0.25, 0.3) is 0 Å². The molecule has 1 rings (SSSR count). The van der Waals surface area contributed by atoms with E-state index in [1.165, 1.54) is 6.92 Å². The average Bonchev–Trinajstić information content (AvgIpc) is 3.01. The fourth-order valence-corrected chi connectivity index (χ4v) is 4.57. The maximum absolute atomic E-state index is 13.1. The van der Waals surface area contributed by atoms with E-state index >= 15 is 0 Å². The number of primary amides is 1. The van der Waals surface area contributed by atoms with Crippen LogP contribution in [-0.2, 0) is 47.8 Å². The van der Waals surface area contributed by atoms with Crippen LogP contribution in [0.25, 0.3) is 0 Å². The first-order valence-electron chi connectivity index (χ1n) is 14.7. The molecular formula is C27H45N5O16. The highest BCUT2D eigenvalue weighted by Gasteiger charge is 2.49. The summed E-state index contributed by atoms with van der Waals surface area (Å²) in [6.07, 6.45) is -14.8. The first-order chi connectivity index (χ1) is 22.4. The molecule has 1 saturated heterocycles. The molecule has 0 aromatic rings. The van der Waals surface area contributed by atoms with Gasteiger partial charge in [-0.15, -0.1) is 0 Å². The van der Waals surface area contributed by atoms with Crippen LogP contribution in [0, 0.1) is 0 Å². The third-order valence-electron chi connectivity index (χ3n) is 7.09. The summed E-state index contributed by atoms with van der Waals surface area (Å²) >= 11 is 0. The van der Waals surface area contributed by atoms with Gasteiger partial charge in [0, 0.05) is 20.3 Å². The molecule has 0 aromatic heterocycles. The monoisotopic (exact) mass is 695 g/mol. The SMILES string of the molecule is CC(=O)N[C@@H](C=O)[C@@H](O[C@H](C)C(=O)N[C@@H](C)C(=O)N[C@H](CCC(=O)O)C(N)=O)[C@H](OC1O[C@H](CO)[C@@H](O)[C@H](O)[C@H]1NC(C)=O)[C@H](O)CO. The van der Waals surface area contributed by atoms with Gasteiger partial charge >= 0.3 is 5.97 Å². The molecule has 1 aliphatic heterocycles. The number of aliphatic carboxylic acids is 1. The lowest BCUT2D eigenvalue weighted by Gasteiger charge is -2.45. The van der Waals surface area contributed by atoms with Gasteiger partial charge in [-0.3, -0.25) is 28.8 Å². The van der Waals surface area contributed by atoms with E-state index in [1.807, 2.05) is 0 Å². The molecule has 274 valence electrons. The second kappa shape index (κ2) is 19.9. The van der Waals surface area contributed by atoms with Gasteiger partial charge < -0.3 is 76.6 Å². The van der Waals surface area contributed by atoms with Gasteiger partial charge in [-0.25, -0.2) is 0 Å². The second-order valence-corrected chi connectivity index (χ2v) is 11.0. The highest BCUT2D eigenvalue weighted by Crippen LogP contribution is 2.26. The molecule has 1 fully saturated rings. The predicted octanol–water partition coefficient (Wildman–Crippen LogP) is -6.51. The number of nitrogens with two attached hydrogens (primary N) is 1. The third-order valence-corrected chi connectivity index (χ3v) is 7.09. The maximum Gasteiger partial charge on any atom is 0.303 e. The molecule has 1 unspecified atom stereocenters. The van der Waals surface area contributed by atoms with Crippen molar-refractivity contribution in [2.24, 2.45) is 5.73 Å². The van der Waals surface area contributed by atoms with Crippen molar-refractivity contribution in [3.05, 3.63) is 0 Å². The predicted molar refractivity (Wildman–Crippen MR) is 157 cm³/mol. The fourth-order valence-electron chi connectivity index (χ4n) is 4.57. The zero-order chi connectivity index (χ0) is 36.9. The maximum atomic E-state index is 13.1. The smallest absolute Gasteiger partial charge is 0.303 e. The van der Waals surface area contributed by atoms with Crippen LogP contribution in [0.3, 0.4) is 0 Å². The van der Waals surface area contributed by atoms with E-state index in [9.17, 15) is 59.1 Å². The van der Waals surface area contributed by atoms with Crippen molar-refractivity contribution in [2.45, 2.75) is 114 Å². The summed E-state index contributed by atoms with van der Waals surface area (Å²) in [4.78, 5) is 84.1. The molecule has 0 aromatic carbocycles. The Labute approximate surface area is 274 Å². The number of carboxylic acids is 1. The number of carbonyl (C=O) groups excluding carboxylic acids is 6. The Hall–Kier alpha value is -3.83. The largest absolute Gasteiger partial charge is 0.481 e. The summed E-state index contributed by atoms with van der Waals surface area (Å²) in [5.74, 6) is -5.73. The van der Waals surface area contributed by atoms with Gasteiger partial charge in [-0.2, -0.15) is 0 Å². The van der Waals surface area contributed by atoms with Crippen molar-refractivity contribution < 1.29 is 78.4 Å². The summed E-state index contributed by atoms with van der Waals surface area (Å²) in [5, 5.41) is 69.1. The number of aliphatic hydroxyl groups is 5.